The summed E-state index contributed by atoms with van der Waals surface area (Å²) < 4.78 is 6.20. The molecule has 1 aliphatic heterocycles. The molecule has 0 bridgehead atoms. The van der Waals surface area contributed by atoms with Gasteiger partial charge in [0.2, 0.25) is 5.96 Å². The van der Waals surface area contributed by atoms with Crippen LogP contribution in [0.3, 0.4) is 0 Å². The maximum Gasteiger partial charge on any atom is 0.201 e. The number of fused-ring (bicyclic) bond motifs is 1. The van der Waals surface area contributed by atoms with E-state index in [0.717, 1.165) is 29.9 Å². The molecule has 1 unspecified atom stereocenters. The van der Waals surface area contributed by atoms with E-state index in [0.29, 0.717) is 17.2 Å². The number of nitrogens with two attached hydrogens (primary N) is 2. The maximum atomic E-state index is 9.14. The maximum absolute atomic E-state index is 9.14. The highest BCUT2D eigenvalue weighted by atomic mass is 16.5. The summed E-state index contributed by atoms with van der Waals surface area (Å²) in [7, 11) is 0. The second-order valence-electron chi connectivity index (χ2n) is 7.70. The van der Waals surface area contributed by atoms with E-state index in [-0.39, 0.29) is 24.5 Å². The Bertz CT molecular complexity index is 958. The Labute approximate surface area is 169 Å². The van der Waals surface area contributed by atoms with Crippen LogP contribution in [0.2, 0.25) is 0 Å². The van der Waals surface area contributed by atoms with Crippen molar-refractivity contribution in [2.75, 3.05) is 17.7 Å². The van der Waals surface area contributed by atoms with Crippen molar-refractivity contribution in [1.82, 2.24) is 5.32 Å². The molecule has 1 atom stereocenters. The number of nitrogens with one attached hydrogen (secondary N) is 3. The summed E-state index contributed by atoms with van der Waals surface area (Å²) in [6, 6.07) is 5.44. The minimum absolute atomic E-state index is 0.0823. The van der Waals surface area contributed by atoms with E-state index in [2.05, 4.69) is 10.6 Å². The number of guanidine groups is 1. The summed E-state index contributed by atoms with van der Waals surface area (Å²) >= 11 is 0. The molecule has 0 radical (unpaired) electrons. The molecule has 0 saturated heterocycles. The van der Waals surface area contributed by atoms with E-state index < -0.39 is 5.54 Å². The van der Waals surface area contributed by atoms with E-state index in [4.69, 9.17) is 31.7 Å². The summed E-state index contributed by atoms with van der Waals surface area (Å²) in [4.78, 5) is 4.87. The summed E-state index contributed by atoms with van der Waals surface area (Å²) in [6.45, 7) is 1.67. The number of hydrogen-bond acceptors (Lipinski definition) is 8. The van der Waals surface area contributed by atoms with Crippen LogP contribution in [0.5, 0.6) is 0 Å². The summed E-state index contributed by atoms with van der Waals surface area (Å²) in [5.41, 5.74) is 14.0. The molecular formula is C21H26N6O2. The van der Waals surface area contributed by atoms with Crippen LogP contribution in [0.15, 0.2) is 59.0 Å². The first-order valence-corrected chi connectivity index (χ1v) is 9.62. The lowest BCUT2D eigenvalue weighted by atomic mass is 9.85. The zero-order valence-electron chi connectivity index (χ0n) is 16.3. The molecule has 29 heavy (non-hydrogen) atoms. The molecule has 152 valence electrons. The van der Waals surface area contributed by atoms with Gasteiger partial charge in [0.25, 0.3) is 0 Å². The number of allylic oxidation sites excluding steroid dienone is 2. The van der Waals surface area contributed by atoms with Gasteiger partial charge in [-0.1, -0.05) is 12.2 Å². The molecule has 4 rings (SSSR count). The molecule has 0 aromatic heterocycles. The molecule has 8 heteroatoms. The molecule has 2 aliphatic carbocycles. The molecule has 0 spiro atoms. The number of nitrogen functional groups attached to an aromatic ring is 1. The van der Waals surface area contributed by atoms with Crippen LogP contribution in [0.4, 0.5) is 11.4 Å². The number of aliphatic hydroxyl groups excluding tert-OH is 1. The third-order valence-corrected chi connectivity index (χ3v) is 5.49. The van der Waals surface area contributed by atoms with E-state index in [9.17, 15) is 0 Å². The quantitative estimate of drug-likeness (QED) is 0.331. The molecule has 1 aromatic carbocycles. The fourth-order valence-corrected chi connectivity index (χ4v) is 3.65. The molecule has 3 aliphatic rings. The molecule has 1 fully saturated rings. The lowest BCUT2D eigenvalue weighted by Crippen LogP contribution is -2.46. The van der Waals surface area contributed by atoms with Gasteiger partial charge >= 0.3 is 0 Å². The summed E-state index contributed by atoms with van der Waals surface area (Å²) in [6.07, 6.45) is 9.70. The van der Waals surface area contributed by atoms with Crippen LogP contribution in [0.1, 0.15) is 25.3 Å². The highest BCUT2D eigenvalue weighted by Gasteiger charge is 2.40. The van der Waals surface area contributed by atoms with E-state index in [1.165, 1.54) is 0 Å². The lowest BCUT2D eigenvalue weighted by molar-refractivity contribution is 0.0244. The van der Waals surface area contributed by atoms with Crippen molar-refractivity contribution in [3.63, 3.8) is 0 Å². The fourth-order valence-electron chi connectivity index (χ4n) is 3.65. The van der Waals surface area contributed by atoms with Crippen molar-refractivity contribution >= 4 is 23.0 Å². The molecule has 1 aromatic rings. The van der Waals surface area contributed by atoms with Gasteiger partial charge in [-0.05, 0) is 44.0 Å². The van der Waals surface area contributed by atoms with Gasteiger partial charge in [0.05, 0.1) is 12.3 Å². The molecule has 0 amide bonds. The van der Waals surface area contributed by atoms with Gasteiger partial charge in [0.15, 0.2) is 0 Å². The highest BCUT2D eigenvalue weighted by molar-refractivity contribution is 6.04. The Kier molecular flexibility index (Phi) is 4.89. The standard InChI is InChI=1S/C21H26N6O2/c1-21-12(3-2-4-19(21)29-15-7-13(22)8-15)10-25-20(27-21)26-14-5-6-16(17(23)9-14)18(24)11-28/h2-6,9-10,13,15,24,28H,7-8,11,22-23H2,1H3,(H2,25,26,27). The van der Waals surface area contributed by atoms with Gasteiger partial charge in [-0.2, -0.15) is 0 Å². The predicted molar refractivity (Wildman–Crippen MR) is 115 cm³/mol. The van der Waals surface area contributed by atoms with Crippen molar-refractivity contribution in [3.05, 3.63) is 59.5 Å². The highest BCUT2D eigenvalue weighted by Crippen LogP contribution is 2.38. The number of aliphatic imine (C=N–C) groups is 1. The largest absolute Gasteiger partial charge is 0.492 e. The Morgan fingerprint density at radius 2 is 2.24 bits per heavy atom. The summed E-state index contributed by atoms with van der Waals surface area (Å²) in [5, 5.41) is 23.3. The lowest BCUT2D eigenvalue weighted by Gasteiger charge is -2.40. The number of hydrogen-bond donors (Lipinski definition) is 6. The first-order chi connectivity index (χ1) is 13.9. The second-order valence-corrected chi connectivity index (χ2v) is 7.70. The Hall–Kier alpha value is -3.10. The minimum Gasteiger partial charge on any atom is -0.492 e. The van der Waals surface area contributed by atoms with Crippen LogP contribution >= 0.6 is 0 Å². The Morgan fingerprint density at radius 3 is 2.93 bits per heavy atom. The zero-order chi connectivity index (χ0) is 20.6. The van der Waals surface area contributed by atoms with Gasteiger partial charge in [0, 0.05) is 34.8 Å². The molecule has 8 nitrogen and oxygen atoms in total. The van der Waals surface area contributed by atoms with Crippen LogP contribution < -0.4 is 22.1 Å². The second kappa shape index (κ2) is 7.38. The van der Waals surface area contributed by atoms with Crippen LogP contribution in [-0.4, -0.2) is 41.1 Å². The zero-order valence-corrected chi connectivity index (χ0v) is 16.3. The monoisotopic (exact) mass is 394 g/mol. The SMILES string of the molecule is CC12N=C(Nc3ccc(C(=N)CO)c(N)c3)NC=C1C=CC=C2OC1CC(N)C1. The fraction of sp³-hybridized carbons (Fsp3) is 0.333. The third-order valence-electron chi connectivity index (χ3n) is 5.49. The number of ether oxygens (including phenoxy) is 1. The minimum atomic E-state index is -0.632. The van der Waals surface area contributed by atoms with Crippen molar-refractivity contribution in [2.45, 2.75) is 37.5 Å². The van der Waals surface area contributed by atoms with Gasteiger partial charge < -0.3 is 37.4 Å². The first-order valence-electron chi connectivity index (χ1n) is 9.62. The van der Waals surface area contributed by atoms with Gasteiger partial charge in [-0.3, -0.25) is 0 Å². The summed E-state index contributed by atoms with van der Waals surface area (Å²) in [5.74, 6) is 1.37. The smallest absolute Gasteiger partial charge is 0.201 e. The topological polar surface area (TPSA) is 142 Å². The van der Waals surface area contributed by atoms with Crippen molar-refractivity contribution in [3.8, 4) is 0 Å². The Morgan fingerprint density at radius 1 is 1.45 bits per heavy atom. The van der Waals surface area contributed by atoms with Crippen molar-refractivity contribution < 1.29 is 9.84 Å². The number of anilines is 2. The first kappa shape index (κ1) is 19.2. The average molecular weight is 394 g/mol. The molecule has 1 saturated carbocycles. The van der Waals surface area contributed by atoms with Crippen molar-refractivity contribution in [2.24, 2.45) is 10.7 Å². The van der Waals surface area contributed by atoms with Gasteiger partial charge in [-0.15, -0.1) is 0 Å². The average Bonchev–Trinajstić information content (AvgIpc) is 2.66. The van der Waals surface area contributed by atoms with Crippen LogP contribution in [0.25, 0.3) is 0 Å². The van der Waals surface area contributed by atoms with Crippen LogP contribution in [0, 0.1) is 5.41 Å². The predicted octanol–water partition coefficient (Wildman–Crippen LogP) is 1.60. The third kappa shape index (κ3) is 3.64. The normalized spacial score (nSPS) is 27.5. The van der Waals surface area contributed by atoms with Gasteiger partial charge in [-0.25, -0.2) is 4.99 Å². The number of nitrogens with zero attached hydrogens (tertiary/aromatic N) is 1. The molecule has 1 heterocycles. The number of benzene rings is 1. The van der Waals surface area contributed by atoms with E-state index in [1.54, 1.807) is 18.2 Å². The number of rotatable bonds is 5. The van der Waals surface area contributed by atoms with Crippen LogP contribution in [-0.2, 0) is 4.74 Å². The van der Waals surface area contributed by atoms with Crippen molar-refractivity contribution in [1.29, 1.82) is 5.41 Å². The molecule has 8 N–H and O–H groups in total. The molecular weight excluding hydrogens is 368 g/mol. The van der Waals surface area contributed by atoms with E-state index in [1.807, 2.05) is 31.4 Å². The van der Waals surface area contributed by atoms with E-state index >= 15 is 0 Å². The Balaban J connectivity index is 1.54. The number of aliphatic hydroxyl groups is 1. The van der Waals surface area contributed by atoms with Gasteiger partial charge in [0.1, 0.15) is 17.4 Å².